The maximum absolute atomic E-state index is 5.87. The molecule has 0 aromatic carbocycles. The predicted octanol–water partition coefficient (Wildman–Crippen LogP) is 2.86. The summed E-state index contributed by atoms with van der Waals surface area (Å²) in [7, 11) is 0. The van der Waals surface area contributed by atoms with Gasteiger partial charge >= 0.3 is 0 Å². The first-order valence-electron chi connectivity index (χ1n) is 6.63. The molecule has 0 unspecified atom stereocenters. The van der Waals surface area contributed by atoms with Crippen LogP contribution < -0.4 is 9.64 Å². The van der Waals surface area contributed by atoms with Gasteiger partial charge in [0.05, 0.1) is 6.61 Å². The van der Waals surface area contributed by atoms with Crippen LogP contribution in [-0.2, 0) is 0 Å². The fraction of sp³-hybridized carbons (Fsp3) is 0.692. The van der Waals surface area contributed by atoms with Gasteiger partial charge in [-0.3, -0.25) is 0 Å². The van der Waals surface area contributed by atoms with E-state index in [1.54, 1.807) is 12.3 Å². The molecular weight excluding hydrogens is 250 g/mol. The molecule has 0 N–H and O–H groups in total. The van der Waals surface area contributed by atoms with E-state index in [1.807, 2.05) is 0 Å². The Morgan fingerprint density at radius 3 is 2.94 bits per heavy atom. The Balaban J connectivity index is 2.08. The second-order valence-electron chi connectivity index (χ2n) is 4.51. The smallest absolute Gasteiger partial charge is 0.228 e. The van der Waals surface area contributed by atoms with Crippen LogP contribution in [0.5, 0.6) is 5.88 Å². The molecule has 0 spiro atoms. The lowest BCUT2D eigenvalue weighted by atomic mass is 9.92. The van der Waals surface area contributed by atoms with Gasteiger partial charge in [-0.2, -0.15) is 4.98 Å². The van der Waals surface area contributed by atoms with Crippen molar-refractivity contribution in [1.82, 2.24) is 9.97 Å². The number of nitrogens with zero attached hydrogens (tertiary/aromatic N) is 3. The highest BCUT2D eigenvalue weighted by atomic mass is 35.5. The minimum Gasteiger partial charge on any atom is -0.478 e. The van der Waals surface area contributed by atoms with Gasteiger partial charge in [-0.25, -0.2) is 4.98 Å². The highest BCUT2D eigenvalue weighted by Crippen LogP contribution is 2.28. The van der Waals surface area contributed by atoms with Crippen molar-refractivity contribution in [3.63, 3.8) is 0 Å². The van der Waals surface area contributed by atoms with Crippen LogP contribution in [0.2, 0.25) is 0 Å². The maximum Gasteiger partial charge on any atom is 0.228 e. The lowest BCUT2D eigenvalue weighted by molar-refractivity contribution is 0.303. The lowest BCUT2D eigenvalue weighted by Gasteiger charge is -2.37. The van der Waals surface area contributed by atoms with Crippen LogP contribution in [0, 0.1) is 0 Å². The van der Waals surface area contributed by atoms with E-state index in [0.29, 0.717) is 24.4 Å². The van der Waals surface area contributed by atoms with E-state index in [4.69, 9.17) is 16.3 Å². The van der Waals surface area contributed by atoms with Crippen molar-refractivity contribution in [2.75, 3.05) is 23.9 Å². The van der Waals surface area contributed by atoms with Crippen LogP contribution in [-0.4, -0.2) is 35.0 Å². The molecule has 1 aliphatic carbocycles. The van der Waals surface area contributed by atoms with Gasteiger partial charge in [-0.05, 0) is 25.7 Å². The first kappa shape index (κ1) is 13.4. The van der Waals surface area contributed by atoms with Crippen molar-refractivity contribution in [1.29, 1.82) is 0 Å². The molecule has 1 aromatic rings. The number of aromatic nitrogens is 2. The van der Waals surface area contributed by atoms with Crippen LogP contribution in [0.15, 0.2) is 12.3 Å². The molecule has 4 nitrogen and oxygen atoms in total. The first-order valence-corrected chi connectivity index (χ1v) is 7.17. The summed E-state index contributed by atoms with van der Waals surface area (Å²) in [5, 5.41) is 0. The van der Waals surface area contributed by atoms with Gasteiger partial charge in [0.1, 0.15) is 0 Å². The average Bonchev–Trinajstić information content (AvgIpc) is 2.34. The van der Waals surface area contributed by atoms with Crippen molar-refractivity contribution < 1.29 is 4.74 Å². The quantitative estimate of drug-likeness (QED) is 0.714. The molecule has 0 amide bonds. The van der Waals surface area contributed by atoms with Crippen LogP contribution in [0.3, 0.4) is 0 Å². The van der Waals surface area contributed by atoms with Crippen LogP contribution in [0.1, 0.15) is 32.6 Å². The van der Waals surface area contributed by atoms with Crippen molar-refractivity contribution in [2.45, 2.75) is 38.6 Å². The van der Waals surface area contributed by atoms with E-state index >= 15 is 0 Å². The minimum absolute atomic E-state index is 0.546. The third kappa shape index (κ3) is 3.25. The number of ether oxygens (including phenoxy) is 1. The van der Waals surface area contributed by atoms with E-state index in [9.17, 15) is 0 Å². The van der Waals surface area contributed by atoms with Crippen molar-refractivity contribution >= 4 is 17.5 Å². The second kappa shape index (κ2) is 6.78. The lowest BCUT2D eigenvalue weighted by Crippen LogP contribution is -2.42. The molecule has 18 heavy (non-hydrogen) atoms. The van der Waals surface area contributed by atoms with Gasteiger partial charge in [0.25, 0.3) is 0 Å². The molecule has 0 saturated heterocycles. The molecule has 1 aliphatic rings. The monoisotopic (exact) mass is 269 g/mol. The SMILES string of the molecule is CCCOc1ccnc(N(CCCl)C2CCC2)n1. The van der Waals surface area contributed by atoms with E-state index < -0.39 is 0 Å². The fourth-order valence-electron chi connectivity index (χ4n) is 1.99. The number of anilines is 1. The molecule has 1 fully saturated rings. The molecular formula is C13H20ClN3O. The van der Waals surface area contributed by atoms with Crippen molar-refractivity contribution in [3.05, 3.63) is 12.3 Å². The average molecular weight is 270 g/mol. The summed E-state index contributed by atoms with van der Waals surface area (Å²) >= 11 is 5.87. The standard InChI is InChI=1S/C13H20ClN3O/c1-2-10-18-12-6-8-15-13(16-12)17(9-7-14)11-4-3-5-11/h6,8,11H,2-5,7,9-10H2,1H3. The first-order chi connectivity index (χ1) is 8.85. The molecule has 0 atom stereocenters. The zero-order valence-electron chi connectivity index (χ0n) is 10.8. The number of rotatable bonds is 7. The Kier molecular flexibility index (Phi) is 5.05. The normalized spacial score (nSPS) is 15.2. The largest absolute Gasteiger partial charge is 0.478 e. The molecule has 0 radical (unpaired) electrons. The fourth-order valence-corrected chi connectivity index (χ4v) is 2.18. The van der Waals surface area contributed by atoms with Gasteiger partial charge in [-0.15, -0.1) is 11.6 Å². The van der Waals surface area contributed by atoms with Crippen LogP contribution >= 0.6 is 11.6 Å². The van der Waals surface area contributed by atoms with E-state index in [-0.39, 0.29) is 0 Å². The van der Waals surface area contributed by atoms with Gasteiger partial charge in [0.2, 0.25) is 11.8 Å². The Labute approximate surface area is 113 Å². The van der Waals surface area contributed by atoms with Gasteiger partial charge in [-0.1, -0.05) is 6.92 Å². The summed E-state index contributed by atoms with van der Waals surface area (Å²) in [6.07, 6.45) is 6.44. The zero-order chi connectivity index (χ0) is 12.8. The molecule has 1 heterocycles. The third-order valence-electron chi connectivity index (χ3n) is 3.17. The summed E-state index contributed by atoms with van der Waals surface area (Å²) in [5.74, 6) is 1.99. The summed E-state index contributed by atoms with van der Waals surface area (Å²) in [6.45, 7) is 3.56. The topological polar surface area (TPSA) is 38.2 Å². The summed E-state index contributed by atoms with van der Waals surface area (Å²) < 4.78 is 5.54. The Hall–Kier alpha value is -1.03. The van der Waals surface area contributed by atoms with E-state index in [1.165, 1.54) is 19.3 Å². The number of halogens is 1. The van der Waals surface area contributed by atoms with Crippen LogP contribution in [0.25, 0.3) is 0 Å². The number of alkyl halides is 1. The van der Waals surface area contributed by atoms with Gasteiger partial charge in [0.15, 0.2) is 0 Å². The third-order valence-corrected chi connectivity index (χ3v) is 3.34. The minimum atomic E-state index is 0.546. The van der Waals surface area contributed by atoms with Gasteiger partial charge in [0, 0.05) is 30.7 Å². The van der Waals surface area contributed by atoms with E-state index in [2.05, 4.69) is 21.8 Å². The van der Waals surface area contributed by atoms with E-state index in [0.717, 1.165) is 18.9 Å². The molecule has 1 saturated carbocycles. The molecule has 5 heteroatoms. The molecule has 100 valence electrons. The summed E-state index contributed by atoms with van der Waals surface area (Å²) in [4.78, 5) is 11.0. The Bertz CT molecular complexity index is 371. The van der Waals surface area contributed by atoms with Crippen molar-refractivity contribution in [2.24, 2.45) is 0 Å². The summed E-state index contributed by atoms with van der Waals surface area (Å²) in [5.41, 5.74) is 0. The molecule has 1 aromatic heterocycles. The molecule has 0 aliphatic heterocycles. The maximum atomic E-state index is 5.87. The Morgan fingerprint density at radius 1 is 1.50 bits per heavy atom. The van der Waals surface area contributed by atoms with Gasteiger partial charge < -0.3 is 9.64 Å². The highest BCUT2D eigenvalue weighted by Gasteiger charge is 2.26. The molecule has 0 bridgehead atoms. The Morgan fingerprint density at radius 2 is 2.33 bits per heavy atom. The molecule has 2 rings (SSSR count). The predicted molar refractivity (Wildman–Crippen MR) is 73.5 cm³/mol. The second-order valence-corrected chi connectivity index (χ2v) is 4.89. The van der Waals surface area contributed by atoms with Crippen LogP contribution in [0.4, 0.5) is 5.95 Å². The van der Waals surface area contributed by atoms with Crippen molar-refractivity contribution in [3.8, 4) is 5.88 Å². The number of hydrogen-bond acceptors (Lipinski definition) is 4. The highest BCUT2D eigenvalue weighted by molar-refractivity contribution is 6.18. The summed E-state index contributed by atoms with van der Waals surface area (Å²) in [6, 6.07) is 2.35. The number of hydrogen-bond donors (Lipinski definition) is 0. The zero-order valence-corrected chi connectivity index (χ0v) is 11.6.